The van der Waals surface area contributed by atoms with Gasteiger partial charge in [-0.05, 0) is 44.6 Å². The van der Waals surface area contributed by atoms with Crippen LogP contribution in [0.1, 0.15) is 59.3 Å². The van der Waals surface area contributed by atoms with Gasteiger partial charge in [0, 0.05) is 18.6 Å². The lowest BCUT2D eigenvalue weighted by atomic mass is 9.72. The van der Waals surface area contributed by atoms with Crippen molar-refractivity contribution in [3.63, 3.8) is 0 Å². The maximum atomic E-state index is 5.80. The highest BCUT2D eigenvalue weighted by Crippen LogP contribution is 2.38. The van der Waals surface area contributed by atoms with E-state index >= 15 is 0 Å². The Kier molecular flexibility index (Phi) is 5.50. The van der Waals surface area contributed by atoms with E-state index in [1.807, 2.05) is 0 Å². The third-order valence-corrected chi connectivity index (χ3v) is 5.24. The molecule has 0 bridgehead atoms. The van der Waals surface area contributed by atoms with Gasteiger partial charge in [-0.15, -0.1) is 0 Å². The van der Waals surface area contributed by atoms with Gasteiger partial charge in [-0.25, -0.2) is 0 Å². The molecule has 2 fully saturated rings. The van der Waals surface area contributed by atoms with Crippen LogP contribution in [-0.2, 0) is 4.74 Å². The standard InChI is InChI=1S/C16H31NO/c1-4-13-7-6-8-14(11-13)16(17-5-2)15-9-10-18-12(15)3/h12-17H,4-11H2,1-3H3. The summed E-state index contributed by atoms with van der Waals surface area (Å²) in [4.78, 5) is 0. The van der Waals surface area contributed by atoms with Crippen molar-refractivity contribution in [1.29, 1.82) is 0 Å². The van der Waals surface area contributed by atoms with Gasteiger partial charge in [0.1, 0.15) is 0 Å². The largest absolute Gasteiger partial charge is 0.378 e. The fourth-order valence-electron chi connectivity index (χ4n) is 4.15. The summed E-state index contributed by atoms with van der Waals surface area (Å²) in [6.45, 7) is 8.94. The fraction of sp³-hybridized carbons (Fsp3) is 1.00. The van der Waals surface area contributed by atoms with Crippen LogP contribution in [0.5, 0.6) is 0 Å². The molecule has 0 radical (unpaired) electrons. The van der Waals surface area contributed by atoms with Crippen molar-refractivity contribution < 1.29 is 4.74 Å². The third-order valence-electron chi connectivity index (χ3n) is 5.24. The van der Waals surface area contributed by atoms with Crippen molar-refractivity contribution in [2.45, 2.75) is 71.4 Å². The lowest BCUT2D eigenvalue weighted by Gasteiger charge is -2.38. The van der Waals surface area contributed by atoms with E-state index in [1.165, 1.54) is 38.5 Å². The Bertz CT molecular complexity index is 243. The highest BCUT2D eigenvalue weighted by Gasteiger charge is 2.37. The number of rotatable bonds is 5. The minimum absolute atomic E-state index is 0.455. The van der Waals surface area contributed by atoms with Gasteiger partial charge in [0.2, 0.25) is 0 Å². The van der Waals surface area contributed by atoms with Gasteiger partial charge in [-0.2, -0.15) is 0 Å². The molecule has 0 amide bonds. The van der Waals surface area contributed by atoms with Crippen LogP contribution < -0.4 is 5.32 Å². The molecule has 2 rings (SSSR count). The minimum Gasteiger partial charge on any atom is -0.378 e. The van der Waals surface area contributed by atoms with Crippen LogP contribution in [-0.4, -0.2) is 25.3 Å². The molecule has 1 aliphatic carbocycles. The summed E-state index contributed by atoms with van der Waals surface area (Å²) in [5.41, 5.74) is 0. The first kappa shape index (κ1) is 14.3. The second-order valence-corrected chi connectivity index (χ2v) is 6.31. The van der Waals surface area contributed by atoms with Gasteiger partial charge in [-0.1, -0.05) is 33.1 Å². The van der Waals surface area contributed by atoms with Crippen LogP contribution in [0, 0.1) is 17.8 Å². The summed E-state index contributed by atoms with van der Waals surface area (Å²) in [6.07, 6.45) is 8.85. The zero-order valence-electron chi connectivity index (χ0n) is 12.5. The van der Waals surface area contributed by atoms with Gasteiger partial charge in [-0.3, -0.25) is 0 Å². The van der Waals surface area contributed by atoms with Crippen molar-refractivity contribution in [1.82, 2.24) is 5.32 Å². The monoisotopic (exact) mass is 253 g/mol. The van der Waals surface area contributed by atoms with Crippen molar-refractivity contribution in [3.05, 3.63) is 0 Å². The summed E-state index contributed by atoms with van der Waals surface area (Å²) >= 11 is 0. The number of ether oxygens (including phenoxy) is 1. The van der Waals surface area contributed by atoms with E-state index in [2.05, 4.69) is 26.1 Å². The van der Waals surface area contributed by atoms with Crippen LogP contribution in [0.3, 0.4) is 0 Å². The molecule has 0 aromatic heterocycles. The van der Waals surface area contributed by atoms with Gasteiger partial charge in [0.25, 0.3) is 0 Å². The van der Waals surface area contributed by atoms with Crippen LogP contribution in [0.15, 0.2) is 0 Å². The Balaban J connectivity index is 1.99. The second-order valence-electron chi connectivity index (χ2n) is 6.31. The third kappa shape index (κ3) is 3.27. The first-order valence-corrected chi connectivity index (χ1v) is 8.11. The highest BCUT2D eigenvalue weighted by atomic mass is 16.5. The zero-order valence-corrected chi connectivity index (χ0v) is 12.5. The molecule has 0 spiro atoms. The molecule has 2 aliphatic rings. The fourth-order valence-corrected chi connectivity index (χ4v) is 4.15. The molecule has 18 heavy (non-hydrogen) atoms. The molecule has 5 atom stereocenters. The summed E-state index contributed by atoms with van der Waals surface area (Å²) in [5, 5.41) is 3.79. The van der Waals surface area contributed by atoms with E-state index in [0.717, 1.165) is 30.9 Å². The predicted molar refractivity (Wildman–Crippen MR) is 76.7 cm³/mol. The maximum Gasteiger partial charge on any atom is 0.0590 e. The van der Waals surface area contributed by atoms with Gasteiger partial charge < -0.3 is 10.1 Å². The molecule has 1 saturated carbocycles. The lowest BCUT2D eigenvalue weighted by molar-refractivity contribution is 0.0769. The van der Waals surface area contributed by atoms with E-state index in [1.54, 1.807) is 0 Å². The van der Waals surface area contributed by atoms with E-state index < -0.39 is 0 Å². The summed E-state index contributed by atoms with van der Waals surface area (Å²) < 4.78 is 5.80. The molecule has 0 aromatic carbocycles. The topological polar surface area (TPSA) is 21.3 Å². The average Bonchev–Trinajstić information content (AvgIpc) is 2.82. The molecule has 2 nitrogen and oxygen atoms in total. The normalized spacial score (nSPS) is 38.8. The van der Waals surface area contributed by atoms with E-state index in [0.29, 0.717) is 12.1 Å². The summed E-state index contributed by atoms with van der Waals surface area (Å²) in [5.74, 6) is 2.60. The SMILES string of the molecule is CCNC(C1CCCC(CC)C1)C1CCOC1C. The van der Waals surface area contributed by atoms with Gasteiger partial charge >= 0.3 is 0 Å². The van der Waals surface area contributed by atoms with Gasteiger partial charge in [0.05, 0.1) is 6.10 Å². The maximum absolute atomic E-state index is 5.80. The van der Waals surface area contributed by atoms with Crippen molar-refractivity contribution in [2.75, 3.05) is 13.2 Å². The molecule has 106 valence electrons. The molecule has 0 aromatic rings. The zero-order chi connectivity index (χ0) is 13.0. The molecule has 1 aliphatic heterocycles. The van der Waals surface area contributed by atoms with Crippen LogP contribution in [0.2, 0.25) is 0 Å². The quantitative estimate of drug-likeness (QED) is 0.808. The number of hydrogen-bond acceptors (Lipinski definition) is 2. The molecule has 2 heteroatoms. The summed E-state index contributed by atoms with van der Waals surface area (Å²) in [6, 6.07) is 0.696. The van der Waals surface area contributed by atoms with Crippen LogP contribution in [0.25, 0.3) is 0 Å². The van der Waals surface area contributed by atoms with Crippen LogP contribution in [0.4, 0.5) is 0 Å². The Labute approximate surface area is 113 Å². The van der Waals surface area contributed by atoms with E-state index in [-0.39, 0.29) is 0 Å². The number of nitrogens with one attached hydrogen (secondary N) is 1. The average molecular weight is 253 g/mol. The molecule has 5 unspecified atom stereocenters. The van der Waals surface area contributed by atoms with Crippen molar-refractivity contribution in [2.24, 2.45) is 17.8 Å². The highest BCUT2D eigenvalue weighted by molar-refractivity contribution is 4.91. The Morgan fingerprint density at radius 1 is 1.22 bits per heavy atom. The van der Waals surface area contributed by atoms with Crippen molar-refractivity contribution >= 4 is 0 Å². The van der Waals surface area contributed by atoms with E-state index in [4.69, 9.17) is 4.74 Å². The predicted octanol–water partition coefficient (Wildman–Crippen LogP) is 3.61. The smallest absolute Gasteiger partial charge is 0.0590 e. The molecule has 1 heterocycles. The van der Waals surface area contributed by atoms with Crippen molar-refractivity contribution in [3.8, 4) is 0 Å². The Hall–Kier alpha value is -0.0800. The molecular formula is C16H31NO. The van der Waals surface area contributed by atoms with Gasteiger partial charge in [0.15, 0.2) is 0 Å². The van der Waals surface area contributed by atoms with Crippen LogP contribution >= 0.6 is 0 Å². The molecule has 1 saturated heterocycles. The Morgan fingerprint density at radius 2 is 2.06 bits per heavy atom. The number of hydrogen-bond donors (Lipinski definition) is 1. The molecular weight excluding hydrogens is 222 g/mol. The lowest BCUT2D eigenvalue weighted by Crippen LogP contribution is -2.46. The minimum atomic E-state index is 0.455. The Morgan fingerprint density at radius 3 is 2.67 bits per heavy atom. The second kappa shape index (κ2) is 6.91. The molecule has 1 N–H and O–H groups in total. The summed E-state index contributed by atoms with van der Waals surface area (Å²) in [7, 11) is 0. The first-order valence-electron chi connectivity index (χ1n) is 8.11. The first-order chi connectivity index (χ1) is 8.76. The van der Waals surface area contributed by atoms with E-state index in [9.17, 15) is 0 Å².